The van der Waals surface area contributed by atoms with E-state index < -0.39 is 23.9 Å². The smallest absolute Gasteiger partial charge is 0.313 e. The number of nitrogens with zero attached hydrogens (tertiary/aromatic N) is 4. The van der Waals surface area contributed by atoms with Crippen molar-refractivity contribution in [2.24, 2.45) is 12.1 Å². The van der Waals surface area contributed by atoms with Crippen LogP contribution in [0.2, 0.25) is 10.0 Å². The molecular formula is C21H21Cl2N5O4S. The maximum absolute atomic E-state index is 12.2. The lowest BCUT2D eigenvalue weighted by Crippen LogP contribution is -2.24. The van der Waals surface area contributed by atoms with E-state index >= 15 is 0 Å². The van der Waals surface area contributed by atoms with Gasteiger partial charge in [0.25, 0.3) is 5.56 Å². The van der Waals surface area contributed by atoms with Crippen LogP contribution < -0.4 is 11.0 Å². The van der Waals surface area contributed by atoms with E-state index in [1.807, 2.05) is 13.8 Å². The number of aryl methyl sites for hydroxylation is 1. The summed E-state index contributed by atoms with van der Waals surface area (Å²) in [5.41, 5.74) is 2.82. The molecule has 1 aromatic carbocycles. The third kappa shape index (κ3) is 7.05. The Hall–Kier alpha value is -2.87. The molecule has 0 amide bonds. The minimum atomic E-state index is -0.783. The van der Waals surface area contributed by atoms with Crippen LogP contribution in [0.25, 0.3) is 0 Å². The molecule has 2 aromatic rings. The Bertz CT molecular complexity index is 1180. The Morgan fingerprint density at radius 3 is 2.48 bits per heavy atom. The average Bonchev–Trinajstić information content (AvgIpc) is 2.73. The Balaban J connectivity index is 2.25. The molecule has 174 valence electrons. The Kier molecular flexibility index (Phi) is 9.46. The van der Waals surface area contributed by atoms with Crippen molar-refractivity contribution in [1.82, 2.24) is 9.78 Å². The quantitative estimate of drug-likeness (QED) is 0.231. The van der Waals surface area contributed by atoms with Gasteiger partial charge in [-0.1, -0.05) is 48.8 Å². The lowest BCUT2D eigenvalue weighted by atomic mass is 10.1. The Morgan fingerprint density at radius 2 is 1.94 bits per heavy atom. The van der Waals surface area contributed by atoms with E-state index in [-0.39, 0.29) is 28.1 Å². The third-order valence-electron chi connectivity index (χ3n) is 4.17. The molecule has 0 radical (unpaired) electrons. The minimum absolute atomic E-state index is 0.0160. The maximum atomic E-state index is 12.2. The number of esters is 1. The van der Waals surface area contributed by atoms with Crippen molar-refractivity contribution in [3.05, 3.63) is 44.2 Å². The fraction of sp³-hybridized carbons (Fsp3) is 0.333. The molecule has 0 aliphatic heterocycles. The largest absolute Gasteiger partial charge is 0.466 e. The summed E-state index contributed by atoms with van der Waals surface area (Å²) in [5, 5.41) is 18.2. The number of nitrogens with one attached hydrogen (secondary N) is 1. The number of nitriles is 1. The van der Waals surface area contributed by atoms with E-state index in [0.29, 0.717) is 21.2 Å². The van der Waals surface area contributed by atoms with Gasteiger partial charge in [0.2, 0.25) is 11.5 Å². The highest BCUT2D eigenvalue weighted by molar-refractivity contribution is 7.99. The van der Waals surface area contributed by atoms with E-state index in [1.165, 1.54) is 28.6 Å². The van der Waals surface area contributed by atoms with Crippen LogP contribution in [0.1, 0.15) is 38.7 Å². The number of ketones is 1. The molecule has 0 unspecified atom stereocenters. The molecule has 0 saturated carbocycles. The van der Waals surface area contributed by atoms with Gasteiger partial charge >= 0.3 is 5.97 Å². The van der Waals surface area contributed by atoms with Crippen LogP contribution in [0.15, 0.2) is 38.0 Å². The van der Waals surface area contributed by atoms with E-state index in [4.69, 9.17) is 33.2 Å². The van der Waals surface area contributed by atoms with Crippen LogP contribution >= 0.6 is 35.0 Å². The van der Waals surface area contributed by atoms with Crippen molar-refractivity contribution in [1.29, 1.82) is 5.26 Å². The van der Waals surface area contributed by atoms with Gasteiger partial charge in [-0.3, -0.25) is 19.8 Å². The van der Waals surface area contributed by atoms with Crippen LogP contribution in [0.4, 0.5) is 5.69 Å². The number of carbonyl (C=O) groups excluding carboxylic acids is 2. The predicted molar refractivity (Wildman–Crippen MR) is 127 cm³/mol. The first-order chi connectivity index (χ1) is 15.6. The fourth-order valence-corrected chi connectivity index (χ4v) is 4.18. The predicted octanol–water partition coefficient (Wildman–Crippen LogP) is 4.18. The maximum Gasteiger partial charge on any atom is 0.313 e. The molecule has 33 heavy (non-hydrogen) atoms. The van der Waals surface area contributed by atoms with Crippen LogP contribution in [-0.4, -0.2) is 33.9 Å². The molecule has 1 aromatic heterocycles. The second kappa shape index (κ2) is 11.8. The van der Waals surface area contributed by atoms with Gasteiger partial charge in [0.15, 0.2) is 0 Å². The first-order valence-corrected chi connectivity index (χ1v) is 11.3. The number of benzene rings is 1. The number of halogens is 2. The number of aromatic nitrogens is 2. The van der Waals surface area contributed by atoms with Crippen molar-refractivity contribution in [3.63, 3.8) is 0 Å². The minimum Gasteiger partial charge on any atom is -0.466 e. The average molecular weight is 510 g/mol. The Morgan fingerprint density at radius 1 is 1.30 bits per heavy atom. The number of hydrogen-bond donors (Lipinski definition) is 1. The molecule has 12 heteroatoms. The summed E-state index contributed by atoms with van der Waals surface area (Å²) in [6.45, 7) is 5.56. The van der Waals surface area contributed by atoms with Gasteiger partial charge in [0.1, 0.15) is 17.5 Å². The van der Waals surface area contributed by atoms with Gasteiger partial charge in [-0.25, -0.2) is 4.68 Å². The molecule has 0 atom stereocenters. The van der Waals surface area contributed by atoms with Gasteiger partial charge < -0.3 is 4.74 Å². The second-order valence-electron chi connectivity index (χ2n) is 6.98. The zero-order valence-corrected chi connectivity index (χ0v) is 20.6. The molecule has 0 spiro atoms. The molecule has 0 aliphatic rings. The van der Waals surface area contributed by atoms with Crippen molar-refractivity contribution < 1.29 is 14.3 Å². The molecule has 9 nitrogen and oxygen atoms in total. The first-order valence-electron chi connectivity index (χ1n) is 9.75. The lowest BCUT2D eigenvalue weighted by molar-refractivity contribution is -0.144. The number of carbonyl (C=O) groups is 2. The van der Waals surface area contributed by atoms with Crippen molar-refractivity contribution >= 4 is 58.1 Å². The van der Waals surface area contributed by atoms with Gasteiger partial charge in [0.05, 0.1) is 27.2 Å². The summed E-state index contributed by atoms with van der Waals surface area (Å²) in [6.07, 6.45) is -0.593. The standard InChI is InChI=1S/C21H21Cl2N5O4S/c1-5-32-19(30)9-17(29)16(10-24)26-25-12-6-14(22)20(15(23)7-12)33-18-8-13(11(2)3)21(31)28(4)27-18/h6-8,11,25H,5,9H2,1-4H3/b26-16-. The number of rotatable bonds is 9. The molecule has 0 bridgehead atoms. The fourth-order valence-electron chi connectivity index (χ4n) is 2.59. The van der Waals surface area contributed by atoms with Crippen molar-refractivity contribution in [2.75, 3.05) is 12.0 Å². The van der Waals surface area contributed by atoms with Crippen LogP contribution in [0, 0.1) is 11.3 Å². The van der Waals surface area contributed by atoms with Crippen molar-refractivity contribution in [3.8, 4) is 6.07 Å². The number of hydrazone groups is 1. The van der Waals surface area contributed by atoms with E-state index in [1.54, 1.807) is 26.1 Å². The SMILES string of the molecule is CCOC(=O)CC(=O)/C(C#N)=N\Nc1cc(Cl)c(Sc2cc(C(C)C)c(=O)n(C)n2)c(Cl)c1. The van der Waals surface area contributed by atoms with Crippen molar-refractivity contribution in [2.45, 2.75) is 43.0 Å². The van der Waals surface area contributed by atoms with Gasteiger partial charge in [-0.2, -0.15) is 15.5 Å². The van der Waals surface area contributed by atoms with E-state index in [0.717, 1.165) is 0 Å². The van der Waals surface area contributed by atoms with Crippen LogP contribution in [0.5, 0.6) is 0 Å². The molecule has 0 saturated heterocycles. The van der Waals surface area contributed by atoms with Gasteiger partial charge in [-0.05, 0) is 31.0 Å². The monoisotopic (exact) mass is 509 g/mol. The van der Waals surface area contributed by atoms with Crippen LogP contribution in [-0.2, 0) is 21.4 Å². The molecule has 0 fully saturated rings. The number of Topliss-reactive ketones (excluding diaryl/α,β-unsaturated/α-hetero) is 1. The molecular weight excluding hydrogens is 489 g/mol. The third-order valence-corrected chi connectivity index (χ3v) is 6.05. The Labute approximate surface area is 204 Å². The van der Waals surface area contributed by atoms with Crippen LogP contribution in [0.3, 0.4) is 0 Å². The molecule has 2 rings (SSSR count). The molecule has 0 aliphatic carbocycles. The van der Waals surface area contributed by atoms with E-state index in [9.17, 15) is 14.4 Å². The summed E-state index contributed by atoms with van der Waals surface area (Å²) in [4.78, 5) is 36.2. The number of hydrogen-bond acceptors (Lipinski definition) is 9. The number of anilines is 1. The lowest BCUT2D eigenvalue weighted by Gasteiger charge is -2.12. The zero-order valence-electron chi connectivity index (χ0n) is 18.3. The summed E-state index contributed by atoms with van der Waals surface area (Å²) in [7, 11) is 1.57. The summed E-state index contributed by atoms with van der Waals surface area (Å²) in [5.74, 6) is -1.51. The van der Waals surface area contributed by atoms with Gasteiger partial charge in [0, 0.05) is 12.6 Å². The van der Waals surface area contributed by atoms with E-state index in [2.05, 4.69) is 15.6 Å². The normalized spacial score (nSPS) is 11.3. The summed E-state index contributed by atoms with van der Waals surface area (Å²) < 4.78 is 5.96. The topological polar surface area (TPSA) is 126 Å². The highest BCUT2D eigenvalue weighted by Crippen LogP contribution is 2.40. The molecule has 1 heterocycles. The second-order valence-corrected chi connectivity index (χ2v) is 8.83. The zero-order chi connectivity index (χ0) is 24.7. The number of ether oxygens (including phenoxy) is 1. The summed E-state index contributed by atoms with van der Waals surface area (Å²) in [6, 6.07) is 6.36. The first kappa shape index (κ1) is 26.4. The highest BCUT2D eigenvalue weighted by Gasteiger charge is 2.18. The van der Waals surface area contributed by atoms with Gasteiger partial charge in [-0.15, -0.1) is 0 Å². The molecule has 1 N–H and O–H groups in total. The highest BCUT2D eigenvalue weighted by atomic mass is 35.5. The summed E-state index contributed by atoms with van der Waals surface area (Å²) >= 11 is 14.0.